The van der Waals surface area contributed by atoms with E-state index in [9.17, 15) is 18.0 Å². The van der Waals surface area contributed by atoms with Crippen molar-refractivity contribution in [1.29, 1.82) is 0 Å². The van der Waals surface area contributed by atoms with Crippen LogP contribution in [0.25, 0.3) is 0 Å². The highest BCUT2D eigenvalue weighted by Gasteiger charge is 2.33. The van der Waals surface area contributed by atoms with Crippen molar-refractivity contribution in [3.8, 4) is 0 Å². The van der Waals surface area contributed by atoms with Crippen molar-refractivity contribution in [2.24, 2.45) is 0 Å². The molecule has 9 heteroatoms. The number of hydrogen-bond donors (Lipinski definition) is 1. The molecule has 2 aliphatic heterocycles. The molecule has 4 rings (SSSR count). The lowest BCUT2D eigenvalue weighted by atomic mass is 10.0. The summed E-state index contributed by atoms with van der Waals surface area (Å²) in [5.41, 5.74) is 1.09. The molecule has 178 valence electrons. The quantitative estimate of drug-likeness (QED) is 0.680. The predicted molar refractivity (Wildman–Crippen MR) is 130 cm³/mol. The van der Waals surface area contributed by atoms with Crippen LogP contribution in [0.5, 0.6) is 0 Å². The van der Waals surface area contributed by atoms with Crippen LogP contribution in [0, 0.1) is 6.92 Å². The second-order valence-electron chi connectivity index (χ2n) is 8.78. The molecule has 2 amide bonds. The molecule has 1 N–H and O–H groups in total. The fourth-order valence-electron chi connectivity index (χ4n) is 4.59. The summed E-state index contributed by atoms with van der Waals surface area (Å²) < 4.78 is 28.2. The van der Waals surface area contributed by atoms with Crippen LogP contribution >= 0.6 is 11.3 Å². The highest BCUT2D eigenvalue weighted by Crippen LogP contribution is 2.27. The van der Waals surface area contributed by atoms with Gasteiger partial charge in [0.1, 0.15) is 6.04 Å². The Morgan fingerprint density at radius 1 is 1.00 bits per heavy atom. The minimum Gasteiger partial charge on any atom is -0.326 e. The molecule has 2 saturated heterocycles. The molecule has 0 spiro atoms. The number of anilines is 1. The number of nitrogens with zero attached hydrogens (tertiary/aromatic N) is 2. The summed E-state index contributed by atoms with van der Waals surface area (Å²) >= 11 is 1.37. The Balaban J connectivity index is 1.53. The summed E-state index contributed by atoms with van der Waals surface area (Å²) in [6.45, 7) is 3.37. The zero-order chi connectivity index (χ0) is 23.4. The monoisotopic (exact) mass is 489 g/mol. The van der Waals surface area contributed by atoms with Gasteiger partial charge in [0.25, 0.3) is 5.91 Å². The average Bonchev–Trinajstić information content (AvgIpc) is 3.21. The van der Waals surface area contributed by atoms with Gasteiger partial charge in [0.2, 0.25) is 15.9 Å². The summed E-state index contributed by atoms with van der Waals surface area (Å²) in [6.07, 6.45) is 6.15. The zero-order valence-electron chi connectivity index (χ0n) is 19.0. The van der Waals surface area contributed by atoms with Crippen molar-refractivity contribution >= 4 is 38.9 Å². The first-order chi connectivity index (χ1) is 15.9. The van der Waals surface area contributed by atoms with E-state index in [-0.39, 0.29) is 16.7 Å². The molecular weight excluding hydrogens is 458 g/mol. The van der Waals surface area contributed by atoms with Gasteiger partial charge in [-0.1, -0.05) is 25.0 Å². The Labute approximate surface area is 199 Å². The first-order valence-electron chi connectivity index (χ1n) is 11.6. The molecule has 1 aromatic carbocycles. The smallest absolute Gasteiger partial charge is 0.264 e. The maximum atomic E-state index is 13.3. The van der Waals surface area contributed by atoms with Crippen LogP contribution in [0.1, 0.15) is 60.2 Å². The Bertz CT molecular complexity index is 1090. The molecule has 0 aliphatic carbocycles. The number of thiophene rings is 1. The largest absolute Gasteiger partial charge is 0.326 e. The first-order valence-corrected chi connectivity index (χ1v) is 14.0. The predicted octanol–water partition coefficient (Wildman–Crippen LogP) is 4.25. The van der Waals surface area contributed by atoms with Gasteiger partial charge in [-0.25, -0.2) is 8.42 Å². The van der Waals surface area contributed by atoms with Gasteiger partial charge in [-0.15, -0.1) is 11.3 Å². The molecule has 0 radical (unpaired) electrons. The van der Waals surface area contributed by atoms with Crippen molar-refractivity contribution < 1.29 is 18.0 Å². The number of rotatable bonds is 5. The minimum atomic E-state index is -3.63. The number of likely N-dealkylation sites (tertiary alicyclic amines) is 1. The maximum Gasteiger partial charge on any atom is 0.264 e. The third-order valence-electron chi connectivity index (χ3n) is 6.44. The average molecular weight is 490 g/mol. The number of carbonyl (C=O) groups excluding carboxylic acids is 2. The van der Waals surface area contributed by atoms with Crippen LogP contribution in [-0.2, 0) is 14.8 Å². The van der Waals surface area contributed by atoms with E-state index in [1.807, 2.05) is 11.4 Å². The van der Waals surface area contributed by atoms with E-state index in [1.54, 1.807) is 40.4 Å². The van der Waals surface area contributed by atoms with Gasteiger partial charge in [0, 0.05) is 25.3 Å². The Kier molecular flexibility index (Phi) is 7.51. The van der Waals surface area contributed by atoms with Crippen LogP contribution in [0.3, 0.4) is 0 Å². The van der Waals surface area contributed by atoms with E-state index in [0.717, 1.165) is 38.5 Å². The lowest BCUT2D eigenvalue weighted by molar-refractivity contribution is -0.121. The number of aryl methyl sites for hydroxylation is 1. The van der Waals surface area contributed by atoms with E-state index < -0.39 is 16.1 Å². The number of piperidine rings is 1. The first kappa shape index (κ1) is 23.9. The highest BCUT2D eigenvalue weighted by atomic mass is 32.2. The Hall–Kier alpha value is -2.23. The summed E-state index contributed by atoms with van der Waals surface area (Å²) in [4.78, 5) is 28.6. The van der Waals surface area contributed by atoms with E-state index >= 15 is 0 Å². The van der Waals surface area contributed by atoms with Gasteiger partial charge < -0.3 is 10.2 Å². The van der Waals surface area contributed by atoms with E-state index in [4.69, 9.17) is 0 Å². The van der Waals surface area contributed by atoms with Crippen LogP contribution in [0.15, 0.2) is 40.6 Å². The number of carbonyl (C=O) groups is 2. The fourth-order valence-corrected chi connectivity index (χ4v) is 7.04. The molecule has 0 saturated carbocycles. The molecule has 2 fully saturated rings. The number of amides is 2. The normalized spacial score (nSPS) is 20.3. The van der Waals surface area contributed by atoms with Gasteiger partial charge >= 0.3 is 0 Å². The molecule has 33 heavy (non-hydrogen) atoms. The number of hydrogen-bond acceptors (Lipinski definition) is 5. The lowest BCUT2D eigenvalue weighted by Gasteiger charge is -2.34. The molecule has 1 aromatic heterocycles. The van der Waals surface area contributed by atoms with Crippen LogP contribution in [-0.4, -0.2) is 55.1 Å². The van der Waals surface area contributed by atoms with Crippen LogP contribution in [0.2, 0.25) is 0 Å². The summed E-state index contributed by atoms with van der Waals surface area (Å²) in [7, 11) is -3.63. The molecule has 1 atom stereocenters. The van der Waals surface area contributed by atoms with Crippen molar-refractivity contribution in [2.75, 3.05) is 25.0 Å². The second kappa shape index (κ2) is 10.4. The Morgan fingerprint density at radius 2 is 1.73 bits per heavy atom. The van der Waals surface area contributed by atoms with Crippen molar-refractivity contribution in [3.63, 3.8) is 0 Å². The standard InChI is InChI=1S/C24H31N3O4S2/c1-18-11-12-19(17-22(18)33(30,31)26-13-5-2-3-6-14-26)25-23(28)20-9-4-7-15-27(20)24(29)21-10-8-16-32-21/h8,10-12,16-17,20H,2-7,9,13-15H2,1H3,(H,25,28)/t20-/m1/s1. The number of nitrogens with one attached hydrogen (secondary N) is 1. The topological polar surface area (TPSA) is 86.8 Å². The lowest BCUT2D eigenvalue weighted by Crippen LogP contribution is -2.49. The van der Waals surface area contributed by atoms with Crippen molar-refractivity contribution in [1.82, 2.24) is 9.21 Å². The maximum absolute atomic E-state index is 13.3. The third kappa shape index (κ3) is 5.31. The zero-order valence-corrected chi connectivity index (χ0v) is 20.6. The molecule has 0 unspecified atom stereocenters. The SMILES string of the molecule is Cc1ccc(NC(=O)[C@H]2CCCCN2C(=O)c2cccs2)cc1S(=O)(=O)N1CCCCCC1. The van der Waals surface area contributed by atoms with Crippen molar-refractivity contribution in [3.05, 3.63) is 46.2 Å². The van der Waals surface area contributed by atoms with Gasteiger partial charge in [-0.3, -0.25) is 9.59 Å². The van der Waals surface area contributed by atoms with Crippen LogP contribution < -0.4 is 5.32 Å². The Morgan fingerprint density at radius 3 is 2.42 bits per heavy atom. The van der Waals surface area contributed by atoms with Gasteiger partial charge in [0.05, 0.1) is 9.77 Å². The molecule has 2 aliphatic rings. The fraction of sp³-hybridized carbons (Fsp3) is 0.500. The summed E-state index contributed by atoms with van der Waals surface area (Å²) in [5.74, 6) is -0.403. The number of benzene rings is 1. The third-order valence-corrected chi connectivity index (χ3v) is 9.34. The van der Waals surface area contributed by atoms with Gasteiger partial charge in [-0.05, 0) is 68.2 Å². The summed E-state index contributed by atoms with van der Waals surface area (Å²) in [5, 5.41) is 4.74. The number of sulfonamides is 1. The van der Waals surface area contributed by atoms with E-state index in [1.165, 1.54) is 11.3 Å². The summed E-state index contributed by atoms with van der Waals surface area (Å²) in [6, 6.07) is 8.05. The molecular formula is C24H31N3O4S2. The van der Waals surface area contributed by atoms with Gasteiger partial charge in [-0.2, -0.15) is 4.31 Å². The van der Waals surface area contributed by atoms with Gasteiger partial charge in [0.15, 0.2) is 0 Å². The molecule has 0 bridgehead atoms. The van der Waals surface area contributed by atoms with Crippen molar-refractivity contribution in [2.45, 2.75) is 62.8 Å². The van der Waals surface area contributed by atoms with Crippen LogP contribution in [0.4, 0.5) is 5.69 Å². The van der Waals surface area contributed by atoms with E-state index in [2.05, 4.69) is 5.32 Å². The second-order valence-corrected chi connectivity index (χ2v) is 11.6. The minimum absolute atomic E-state index is 0.127. The highest BCUT2D eigenvalue weighted by molar-refractivity contribution is 7.89. The molecule has 7 nitrogen and oxygen atoms in total. The van der Waals surface area contributed by atoms with E-state index in [0.29, 0.717) is 42.2 Å². The molecule has 3 heterocycles. The molecule has 2 aromatic rings.